The molecule has 0 bridgehead atoms. The van der Waals surface area contributed by atoms with Crippen LogP contribution in [-0.4, -0.2) is 47.8 Å². The van der Waals surface area contributed by atoms with Crippen molar-refractivity contribution in [2.24, 2.45) is 5.92 Å². The first-order chi connectivity index (χ1) is 11.0. The molecule has 4 nitrogen and oxygen atoms in total. The second kappa shape index (κ2) is 8.09. The largest absolute Gasteiger partial charge is 0.339 e. The molecule has 126 valence electrons. The van der Waals surface area contributed by atoms with Gasteiger partial charge in [0.15, 0.2) is 0 Å². The van der Waals surface area contributed by atoms with E-state index in [0.29, 0.717) is 26.2 Å². The lowest BCUT2D eigenvalue weighted by molar-refractivity contribution is -0.136. The summed E-state index contributed by atoms with van der Waals surface area (Å²) in [6.45, 7) is 6.04. The molecule has 2 amide bonds. The molecule has 1 saturated heterocycles. The summed E-state index contributed by atoms with van der Waals surface area (Å²) in [5.41, 5.74) is 0.101. The van der Waals surface area contributed by atoms with Crippen molar-refractivity contribution in [3.8, 4) is 0 Å². The summed E-state index contributed by atoms with van der Waals surface area (Å²) in [6.07, 6.45) is 3.05. The van der Waals surface area contributed by atoms with Gasteiger partial charge in [-0.15, -0.1) is 0 Å². The molecule has 0 radical (unpaired) electrons. The van der Waals surface area contributed by atoms with Crippen LogP contribution in [0.15, 0.2) is 24.3 Å². The van der Waals surface area contributed by atoms with Crippen LogP contribution < -0.4 is 0 Å². The Morgan fingerprint density at radius 3 is 2.35 bits per heavy atom. The fourth-order valence-electron chi connectivity index (χ4n) is 2.88. The molecule has 1 heterocycles. The van der Waals surface area contributed by atoms with Crippen LogP contribution in [0.5, 0.6) is 0 Å². The van der Waals surface area contributed by atoms with Crippen LogP contribution in [0.2, 0.25) is 0 Å². The quantitative estimate of drug-likeness (QED) is 0.837. The number of halogens is 1. The monoisotopic (exact) mass is 320 g/mol. The molecular formula is C18H25FN2O2. The number of rotatable bonds is 5. The number of piperazine rings is 1. The van der Waals surface area contributed by atoms with E-state index in [1.165, 1.54) is 12.1 Å². The van der Waals surface area contributed by atoms with Gasteiger partial charge in [0.1, 0.15) is 5.82 Å². The number of hydrogen-bond acceptors (Lipinski definition) is 2. The summed E-state index contributed by atoms with van der Waals surface area (Å²) in [7, 11) is 0. The number of amides is 2. The Morgan fingerprint density at radius 1 is 1.13 bits per heavy atom. The van der Waals surface area contributed by atoms with Crippen LogP contribution >= 0.6 is 0 Å². The van der Waals surface area contributed by atoms with Crippen LogP contribution in [0, 0.1) is 11.7 Å². The topological polar surface area (TPSA) is 40.6 Å². The molecule has 5 heteroatoms. The molecule has 0 spiro atoms. The lowest BCUT2D eigenvalue weighted by Crippen LogP contribution is -2.51. The Bertz CT molecular complexity index is 554. The molecule has 0 aromatic heterocycles. The fraction of sp³-hybridized carbons (Fsp3) is 0.556. The summed E-state index contributed by atoms with van der Waals surface area (Å²) in [4.78, 5) is 28.2. The first kappa shape index (κ1) is 17.4. The zero-order chi connectivity index (χ0) is 16.8. The van der Waals surface area contributed by atoms with E-state index in [-0.39, 0.29) is 23.3 Å². The van der Waals surface area contributed by atoms with Crippen molar-refractivity contribution in [1.29, 1.82) is 0 Å². The van der Waals surface area contributed by atoms with E-state index in [1.54, 1.807) is 17.0 Å². The van der Waals surface area contributed by atoms with Crippen molar-refractivity contribution in [1.82, 2.24) is 9.80 Å². The SMILES string of the molecule is CCCC[C@H](C)C(=O)N1CCN(C(=O)c2ccccc2F)CC1. The minimum absolute atomic E-state index is 0.0313. The lowest BCUT2D eigenvalue weighted by atomic mass is 10.0. The van der Waals surface area contributed by atoms with Crippen LogP contribution in [0.1, 0.15) is 43.5 Å². The molecule has 1 aliphatic rings. The molecule has 1 aromatic rings. The maximum atomic E-state index is 13.7. The van der Waals surface area contributed by atoms with E-state index in [4.69, 9.17) is 0 Å². The molecule has 0 saturated carbocycles. The van der Waals surface area contributed by atoms with Gasteiger partial charge in [-0.2, -0.15) is 0 Å². The number of hydrogen-bond donors (Lipinski definition) is 0. The predicted molar refractivity (Wildman–Crippen MR) is 87.6 cm³/mol. The summed E-state index contributed by atoms with van der Waals surface area (Å²) >= 11 is 0. The summed E-state index contributed by atoms with van der Waals surface area (Å²) in [5.74, 6) is -0.598. The molecule has 1 aliphatic heterocycles. The maximum Gasteiger partial charge on any atom is 0.256 e. The number of unbranched alkanes of at least 4 members (excludes halogenated alkanes) is 1. The highest BCUT2D eigenvalue weighted by Crippen LogP contribution is 2.16. The molecular weight excluding hydrogens is 295 g/mol. The number of carbonyl (C=O) groups excluding carboxylic acids is 2. The van der Waals surface area contributed by atoms with Crippen molar-refractivity contribution in [3.63, 3.8) is 0 Å². The predicted octanol–water partition coefficient (Wildman–Crippen LogP) is 2.94. The Balaban J connectivity index is 1.90. The Hall–Kier alpha value is -1.91. The van der Waals surface area contributed by atoms with Crippen LogP contribution in [0.3, 0.4) is 0 Å². The average Bonchev–Trinajstić information content (AvgIpc) is 2.59. The van der Waals surface area contributed by atoms with Gasteiger partial charge in [0.05, 0.1) is 5.56 Å². The second-order valence-corrected chi connectivity index (χ2v) is 6.14. The van der Waals surface area contributed by atoms with Crippen LogP contribution in [0.25, 0.3) is 0 Å². The van der Waals surface area contributed by atoms with Gasteiger partial charge in [-0.1, -0.05) is 38.8 Å². The first-order valence-corrected chi connectivity index (χ1v) is 8.37. The first-order valence-electron chi connectivity index (χ1n) is 8.37. The molecule has 1 aromatic carbocycles. The minimum Gasteiger partial charge on any atom is -0.339 e. The Kier molecular flexibility index (Phi) is 6.13. The lowest BCUT2D eigenvalue weighted by Gasteiger charge is -2.36. The van der Waals surface area contributed by atoms with Gasteiger partial charge >= 0.3 is 0 Å². The summed E-state index contributed by atoms with van der Waals surface area (Å²) in [5, 5.41) is 0. The highest BCUT2D eigenvalue weighted by molar-refractivity contribution is 5.94. The van der Waals surface area contributed by atoms with Gasteiger partial charge in [0.25, 0.3) is 5.91 Å². The van der Waals surface area contributed by atoms with Gasteiger partial charge in [0, 0.05) is 32.1 Å². The molecule has 2 rings (SSSR count). The molecule has 0 unspecified atom stereocenters. The summed E-state index contributed by atoms with van der Waals surface area (Å²) < 4.78 is 13.7. The van der Waals surface area contributed by atoms with Crippen molar-refractivity contribution in [2.45, 2.75) is 33.1 Å². The molecule has 0 N–H and O–H groups in total. The van der Waals surface area contributed by atoms with E-state index < -0.39 is 5.82 Å². The van der Waals surface area contributed by atoms with Gasteiger partial charge in [-0.3, -0.25) is 9.59 Å². The van der Waals surface area contributed by atoms with Crippen LogP contribution in [-0.2, 0) is 4.79 Å². The maximum absolute atomic E-state index is 13.7. The molecule has 0 aliphatic carbocycles. The molecule has 1 fully saturated rings. The van der Waals surface area contributed by atoms with E-state index >= 15 is 0 Å². The zero-order valence-corrected chi connectivity index (χ0v) is 13.9. The highest BCUT2D eigenvalue weighted by atomic mass is 19.1. The van der Waals surface area contributed by atoms with E-state index in [0.717, 1.165) is 19.3 Å². The standard InChI is InChI=1S/C18H25FN2O2/c1-3-4-7-14(2)17(22)20-10-12-21(13-11-20)18(23)15-8-5-6-9-16(15)19/h5-6,8-9,14H,3-4,7,10-13H2,1-2H3/t14-/m0/s1. The molecule has 23 heavy (non-hydrogen) atoms. The van der Waals surface area contributed by atoms with E-state index in [2.05, 4.69) is 6.92 Å². The van der Waals surface area contributed by atoms with Crippen molar-refractivity contribution in [3.05, 3.63) is 35.6 Å². The zero-order valence-electron chi connectivity index (χ0n) is 13.9. The van der Waals surface area contributed by atoms with Gasteiger partial charge < -0.3 is 9.80 Å². The molecule has 1 atom stereocenters. The van der Waals surface area contributed by atoms with E-state index in [1.807, 2.05) is 11.8 Å². The minimum atomic E-state index is -0.496. The summed E-state index contributed by atoms with van der Waals surface area (Å²) in [6, 6.07) is 6.02. The second-order valence-electron chi connectivity index (χ2n) is 6.14. The van der Waals surface area contributed by atoms with Crippen molar-refractivity contribution in [2.75, 3.05) is 26.2 Å². The van der Waals surface area contributed by atoms with E-state index in [9.17, 15) is 14.0 Å². The average molecular weight is 320 g/mol. The normalized spacial score (nSPS) is 16.3. The Labute approximate surface area is 137 Å². The fourth-order valence-corrected chi connectivity index (χ4v) is 2.88. The van der Waals surface area contributed by atoms with Gasteiger partial charge in [-0.05, 0) is 18.6 Å². The number of nitrogens with zero attached hydrogens (tertiary/aromatic N) is 2. The van der Waals surface area contributed by atoms with Crippen LogP contribution in [0.4, 0.5) is 4.39 Å². The van der Waals surface area contributed by atoms with Crippen molar-refractivity contribution < 1.29 is 14.0 Å². The third-order valence-electron chi connectivity index (χ3n) is 4.40. The highest BCUT2D eigenvalue weighted by Gasteiger charge is 2.27. The smallest absolute Gasteiger partial charge is 0.256 e. The van der Waals surface area contributed by atoms with Gasteiger partial charge in [0.2, 0.25) is 5.91 Å². The number of benzene rings is 1. The van der Waals surface area contributed by atoms with Crippen molar-refractivity contribution >= 4 is 11.8 Å². The Morgan fingerprint density at radius 2 is 1.74 bits per heavy atom. The van der Waals surface area contributed by atoms with Gasteiger partial charge in [-0.25, -0.2) is 4.39 Å². The third-order valence-corrected chi connectivity index (χ3v) is 4.40. The number of carbonyl (C=O) groups is 2. The third kappa shape index (κ3) is 4.30.